The number of rotatable bonds is 14. The van der Waals surface area contributed by atoms with Crippen LogP contribution in [0.1, 0.15) is 50.6 Å². The summed E-state index contributed by atoms with van der Waals surface area (Å²) in [6.07, 6.45) is 2.93. The smallest absolute Gasteiger partial charge is 0.373 e. The van der Waals surface area contributed by atoms with Crippen LogP contribution in [0.15, 0.2) is 107 Å². The second-order valence-electron chi connectivity index (χ2n) is 13.3. The predicted octanol–water partition coefficient (Wildman–Crippen LogP) is 5.65. The van der Waals surface area contributed by atoms with Gasteiger partial charge in [0, 0.05) is 47.6 Å². The molecule has 0 saturated carbocycles. The number of allylic oxidation sites excluding steroid dienone is 2. The van der Waals surface area contributed by atoms with Gasteiger partial charge in [0.1, 0.15) is 7.85 Å². The number of anilines is 3. The van der Waals surface area contributed by atoms with Crippen molar-refractivity contribution in [2.45, 2.75) is 33.2 Å². The molecule has 14 nitrogen and oxygen atoms in total. The first-order valence-corrected chi connectivity index (χ1v) is 20.6. The highest BCUT2D eigenvalue weighted by atomic mass is 32.2. The van der Waals surface area contributed by atoms with Gasteiger partial charge in [0.15, 0.2) is 18.2 Å². The molecule has 0 saturated heterocycles. The van der Waals surface area contributed by atoms with E-state index in [2.05, 4.69) is 10.6 Å². The quantitative estimate of drug-likeness (QED) is 0.0616. The van der Waals surface area contributed by atoms with Gasteiger partial charge >= 0.3 is 5.89 Å². The van der Waals surface area contributed by atoms with Gasteiger partial charge in [-0.15, -0.1) is 0 Å². The summed E-state index contributed by atoms with van der Waals surface area (Å²) < 4.78 is 78.9. The van der Waals surface area contributed by atoms with Crippen molar-refractivity contribution in [2.75, 3.05) is 33.6 Å². The lowest BCUT2D eigenvalue weighted by Gasteiger charge is -2.18. The largest absolute Gasteiger partial charge is 0.439 e. The van der Waals surface area contributed by atoms with Gasteiger partial charge in [-0.25, -0.2) is 0 Å². The molecule has 288 valence electrons. The molecule has 0 aliphatic carbocycles. The van der Waals surface area contributed by atoms with Gasteiger partial charge in [-0.2, -0.15) is 21.4 Å². The van der Waals surface area contributed by atoms with Crippen molar-refractivity contribution >= 4 is 74.1 Å². The van der Waals surface area contributed by atoms with Crippen LogP contribution in [0.2, 0.25) is 0 Å². The Kier molecular flexibility index (Phi) is 11.8. The molecule has 2 amide bonds. The number of aromatic nitrogens is 1. The van der Waals surface area contributed by atoms with Gasteiger partial charge in [0.25, 0.3) is 37.6 Å². The molecule has 2 radical (unpaired) electrons. The number of nitrogens with zero attached hydrogens (tertiary/aromatic N) is 2. The van der Waals surface area contributed by atoms with Crippen molar-refractivity contribution in [2.24, 2.45) is 0 Å². The molecule has 0 unspecified atom stereocenters. The van der Waals surface area contributed by atoms with Crippen molar-refractivity contribution in [1.29, 1.82) is 0 Å². The van der Waals surface area contributed by atoms with Crippen LogP contribution >= 0.6 is 0 Å². The van der Waals surface area contributed by atoms with Crippen LogP contribution in [0.4, 0.5) is 17.1 Å². The minimum absolute atomic E-state index is 0.000451. The molecular weight excluding hydrogens is 759 g/mol. The lowest BCUT2D eigenvalue weighted by molar-refractivity contribution is -0.677. The highest BCUT2D eigenvalue weighted by molar-refractivity contribution is 7.86. The van der Waals surface area contributed by atoms with E-state index in [0.717, 1.165) is 11.1 Å². The maximum atomic E-state index is 13.2. The Labute approximate surface area is 325 Å². The van der Waals surface area contributed by atoms with Crippen LogP contribution in [-0.4, -0.2) is 63.7 Å². The monoisotopic (exact) mass is 797 g/mol. The maximum Gasteiger partial charge on any atom is 0.373 e. The predicted molar refractivity (Wildman–Crippen MR) is 213 cm³/mol. The second-order valence-corrected chi connectivity index (χ2v) is 16.4. The summed E-state index contributed by atoms with van der Waals surface area (Å²) in [4.78, 5) is 28.0. The van der Waals surface area contributed by atoms with Crippen LogP contribution < -0.4 is 24.8 Å². The molecule has 5 aromatic rings. The van der Waals surface area contributed by atoms with Crippen molar-refractivity contribution in [3.63, 3.8) is 0 Å². The topological polar surface area (TPSA) is 196 Å². The third-order valence-corrected chi connectivity index (χ3v) is 10.4. The number of ether oxygens (including phenoxy) is 1. The molecule has 6 rings (SSSR count). The number of hydrogen-bond donors (Lipinski definition) is 4. The molecule has 2 heterocycles. The van der Waals surface area contributed by atoms with Gasteiger partial charge in [0.05, 0.1) is 17.2 Å². The number of hydrogen-bond acceptors (Lipinski definition) is 9. The molecule has 56 heavy (non-hydrogen) atoms. The highest BCUT2D eigenvalue weighted by Crippen LogP contribution is 2.40. The summed E-state index contributed by atoms with van der Waals surface area (Å²) in [6.45, 7) is 3.98. The van der Waals surface area contributed by atoms with E-state index in [1.54, 1.807) is 70.1 Å². The van der Waals surface area contributed by atoms with Gasteiger partial charge in [-0.1, -0.05) is 40.9 Å². The first-order valence-electron chi connectivity index (χ1n) is 17.4. The number of aryl methyl sites for hydroxylation is 3. The minimum atomic E-state index is -4.28. The molecule has 0 atom stereocenters. The number of benzene rings is 4. The molecule has 4 N–H and O–H groups in total. The fraction of sp³-hybridized carbons (Fsp3) is 0.205. The Bertz CT molecular complexity index is 2590. The van der Waals surface area contributed by atoms with Crippen LogP contribution in [0.3, 0.4) is 0 Å². The van der Waals surface area contributed by atoms with E-state index in [-0.39, 0.29) is 55.0 Å². The van der Waals surface area contributed by atoms with Gasteiger partial charge < -0.3 is 24.7 Å². The van der Waals surface area contributed by atoms with Gasteiger partial charge in [-0.05, 0) is 80.9 Å². The zero-order chi connectivity index (χ0) is 40.2. The van der Waals surface area contributed by atoms with Crippen LogP contribution in [0.25, 0.3) is 17.2 Å². The summed E-state index contributed by atoms with van der Waals surface area (Å²) in [5.74, 6) is -1.09. The minimum Gasteiger partial charge on any atom is -0.439 e. The van der Waals surface area contributed by atoms with Crippen molar-refractivity contribution in [3.05, 3.63) is 131 Å². The summed E-state index contributed by atoms with van der Waals surface area (Å²) in [7, 11) is -2.03. The molecule has 4 aromatic carbocycles. The zero-order valence-electron chi connectivity index (χ0n) is 30.4. The molecule has 0 bridgehead atoms. The Morgan fingerprint density at radius 3 is 1.93 bits per heavy atom. The fourth-order valence-corrected chi connectivity index (χ4v) is 6.97. The number of fused-ring (bicyclic) bond motifs is 2. The summed E-state index contributed by atoms with van der Waals surface area (Å²) in [5, 5.41) is 5.70. The average Bonchev–Trinajstić information content (AvgIpc) is 3.64. The van der Waals surface area contributed by atoms with E-state index in [9.17, 15) is 35.5 Å². The lowest BCUT2D eigenvalue weighted by Crippen LogP contribution is -2.36. The van der Waals surface area contributed by atoms with Crippen molar-refractivity contribution < 1.29 is 49.3 Å². The number of carbonyl (C=O) groups excluding carboxylic acids is 2. The van der Waals surface area contributed by atoms with Crippen LogP contribution in [0.5, 0.6) is 5.75 Å². The van der Waals surface area contributed by atoms with Crippen molar-refractivity contribution in [3.8, 4) is 5.75 Å². The molecule has 0 fully saturated rings. The number of carbonyl (C=O) groups is 2. The lowest BCUT2D eigenvalue weighted by atomic mass is 9.95. The van der Waals surface area contributed by atoms with E-state index < -0.39 is 31.7 Å². The molecule has 1 aliphatic rings. The number of amides is 2. The SMILES string of the molecule is [B]C(=Cc1oc2ccc(C(=O)Nc3ccc(C)cc3)cc2[n+]1CCCS(=O)(=O)O)C=C1Oc2ccc(C(=O)Nc3ccc(C)cc3)cc2N1CCCS(=O)(=O)O. The normalized spacial score (nSPS) is 13.8. The summed E-state index contributed by atoms with van der Waals surface area (Å²) in [5.41, 5.74) is 5.25. The van der Waals surface area contributed by atoms with E-state index in [1.807, 2.05) is 38.1 Å². The van der Waals surface area contributed by atoms with E-state index in [1.165, 1.54) is 12.2 Å². The van der Waals surface area contributed by atoms with Crippen LogP contribution in [0, 0.1) is 13.8 Å². The Hall–Kier alpha value is -5.75. The molecule has 0 spiro atoms. The first-order chi connectivity index (χ1) is 26.5. The fourth-order valence-electron chi connectivity index (χ4n) is 5.98. The number of nitrogens with one attached hydrogen (secondary N) is 2. The van der Waals surface area contributed by atoms with E-state index in [0.29, 0.717) is 45.0 Å². The molecular formula is C39H38BN4O10S2+. The first kappa shape index (κ1) is 39.9. The summed E-state index contributed by atoms with van der Waals surface area (Å²) >= 11 is 0. The Balaban J connectivity index is 1.32. The molecule has 1 aromatic heterocycles. The third-order valence-electron chi connectivity index (χ3n) is 8.75. The molecule has 1 aliphatic heterocycles. The highest BCUT2D eigenvalue weighted by Gasteiger charge is 2.29. The number of oxazole rings is 1. The van der Waals surface area contributed by atoms with Crippen molar-refractivity contribution in [1.82, 2.24) is 0 Å². The average molecular weight is 798 g/mol. The standard InChI is InChI=1S/C39H37BN4O10S2/c1-25-5-11-30(12-6-25)41-38(45)27-9-15-34-32(21-27)43(17-3-19-55(47,48)49)36(53-34)23-29(40)24-37-44(18-4-20-56(50,51)52)33-22-28(10-16-35(33)54-37)39(46)42-31-13-7-26(2)8-14-31/h5-16,21-24H,3-4,17-20H2,1-2H3,(H3-,41,42,45,46,47,48,49,50,51,52)/p+1. The molecule has 17 heteroatoms. The van der Waals surface area contributed by atoms with Gasteiger partial charge in [-0.3, -0.25) is 18.7 Å². The van der Waals surface area contributed by atoms with Gasteiger partial charge in [0.2, 0.25) is 5.58 Å². The summed E-state index contributed by atoms with van der Waals surface area (Å²) in [6, 6.07) is 24.2. The Morgan fingerprint density at radius 2 is 1.34 bits per heavy atom. The third kappa shape index (κ3) is 10.3. The maximum absolute atomic E-state index is 13.2. The zero-order valence-corrected chi connectivity index (χ0v) is 32.1. The van der Waals surface area contributed by atoms with Crippen LogP contribution in [-0.2, 0) is 26.8 Å². The van der Waals surface area contributed by atoms with E-state index >= 15 is 0 Å². The second kappa shape index (κ2) is 16.5. The Morgan fingerprint density at radius 1 is 0.786 bits per heavy atom. The van der Waals surface area contributed by atoms with E-state index in [4.69, 9.17) is 17.0 Å².